The topological polar surface area (TPSA) is 71.0 Å². The first-order valence-corrected chi connectivity index (χ1v) is 5.67. The van der Waals surface area contributed by atoms with Crippen molar-refractivity contribution in [2.45, 2.75) is 31.8 Å². The van der Waals surface area contributed by atoms with Gasteiger partial charge in [0, 0.05) is 20.0 Å². The number of ether oxygens (including phenoxy) is 1. The van der Waals surface area contributed by atoms with Crippen LogP contribution in [0.25, 0.3) is 0 Å². The lowest BCUT2D eigenvalue weighted by Gasteiger charge is -2.19. The smallest absolute Gasteiger partial charge is 0.407 e. The van der Waals surface area contributed by atoms with E-state index in [4.69, 9.17) is 0 Å². The number of ketones is 1. The standard InChI is InChI=1S/C11H19N3O3/c1-4-10(15)9(13-11(16)17-3)5-8-6-14(2)7-12-8/h7-9H,4-6H2,1-3H3,(H,13,16)/t8?,9-/m0/s1. The van der Waals surface area contributed by atoms with E-state index in [1.54, 1.807) is 13.3 Å². The second-order valence-electron chi connectivity index (χ2n) is 4.10. The molecule has 1 aliphatic rings. The zero-order chi connectivity index (χ0) is 12.8. The van der Waals surface area contributed by atoms with Gasteiger partial charge in [-0.2, -0.15) is 0 Å². The van der Waals surface area contributed by atoms with Crippen LogP contribution in [0.2, 0.25) is 0 Å². The SMILES string of the molecule is CCC(=O)[C@H](CC1CN(C)C=N1)NC(=O)OC. The van der Waals surface area contributed by atoms with E-state index in [0.717, 1.165) is 6.54 Å². The molecule has 6 heteroatoms. The molecule has 17 heavy (non-hydrogen) atoms. The molecule has 0 fully saturated rings. The van der Waals surface area contributed by atoms with Crippen molar-refractivity contribution in [1.82, 2.24) is 10.2 Å². The Balaban J connectivity index is 2.54. The van der Waals surface area contributed by atoms with E-state index in [1.807, 2.05) is 11.9 Å². The molecule has 0 saturated heterocycles. The van der Waals surface area contributed by atoms with Gasteiger partial charge in [-0.1, -0.05) is 6.92 Å². The van der Waals surface area contributed by atoms with Gasteiger partial charge in [-0.05, 0) is 6.42 Å². The molecule has 1 aliphatic heterocycles. The average molecular weight is 241 g/mol. The number of rotatable bonds is 5. The van der Waals surface area contributed by atoms with E-state index >= 15 is 0 Å². The van der Waals surface area contributed by atoms with E-state index in [9.17, 15) is 9.59 Å². The van der Waals surface area contributed by atoms with Crippen molar-refractivity contribution >= 4 is 18.2 Å². The minimum absolute atomic E-state index is 0.000142. The average Bonchev–Trinajstić information content (AvgIpc) is 2.72. The highest BCUT2D eigenvalue weighted by Gasteiger charge is 2.25. The van der Waals surface area contributed by atoms with Gasteiger partial charge in [0.15, 0.2) is 5.78 Å². The first-order valence-electron chi connectivity index (χ1n) is 5.67. The van der Waals surface area contributed by atoms with Crippen LogP contribution < -0.4 is 5.32 Å². The van der Waals surface area contributed by atoms with Crippen molar-refractivity contribution in [2.75, 3.05) is 20.7 Å². The summed E-state index contributed by atoms with van der Waals surface area (Å²) in [5.41, 5.74) is 0. The fraction of sp³-hybridized carbons (Fsp3) is 0.727. The third-order valence-corrected chi connectivity index (χ3v) is 2.70. The molecule has 0 bridgehead atoms. The molecule has 96 valence electrons. The Morgan fingerprint density at radius 2 is 2.35 bits per heavy atom. The highest BCUT2D eigenvalue weighted by molar-refractivity contribution is 5.87. The van der Waals surface area contributed by atoms with Crippen molar-refractivity contribution in [3.05, 3.63) is 0 Å². The largest absolute Gasteiger partial charge is 0.453 e. The summed E-state index contributed by atoms with van der Waals surface area (Å²) in [7, 11) is 3.21. The lowest BCUT2D eigenvalue weighted by Crippen LogP contribution is -2.43. The van der Waals surface area contributed by atoms with Gasteiger partial charge in [0.25, 0.3) is 0 Å². The van der Waals surface area contributed by atoms with Crippen LogP contribution in [-0.2, 0) is 9.53 Å². The predicted molar refractivity (Wildman–Crippen MR) is 64.2 cm³/mol. The number of carbonyl (C=O) groups excluding carboxylic acids is 2. The number of alkyl carbamates (subject to hydrolysis) is 1. The van der Waals surface area contributed by atoms with Gasteiger partial charge in [-0.15, -0.1) is 0 Å². The highest BCUT2D eigenvalue weighted by Crippen LogP contribution is 2.10. The number of nitrogens with one attached hydrogen (secondary N) is 1. The van der Waals surface area contributed by atoms with Crippen LogP contribution in [-0.4, -0.2) is 55.9 Å². The third-order valence-electron chi connectivity index (χ3n) is 2.70. The molecule has 0 saturated carbocycles. The molecule has 0 aliphatic carbocycles. The van der Waals surface area contributed by atoms with Crippen LogP contribution in [0.15, 0.2) is 4.99 Å². The molecule has 1 unspecified atom stereocenters. The molecule has 2 atom stereocenters. The summed E-state index contributed by atoms with van der Waals surface area (Å²) in [6.07, 6.45) is 2.08. The zero-order valence-corrected chi connectivity index (χ0v) is 10.5. The number of hydrogen-bond donors (Lipinski definition) is 1. The normalized spacial score (nSPS) is 20.2. The molecular weight excluding hydrogens is 222 g/mol. The summed E-state index contributed by atoms with van der Waals surface area (Å²) in [6, 6.07) is -0.459. The van der Waals surface area contributed by atoms with Crippen molar-refractivity contribution in [1.29, 1.82) is 0 Å². The van der Waals surface area contributed by atoms with Crippen LogP contribution in [0, 0.1) is 0 Å². The van der Waals surface area contributed by atoms with E-state index < -0.39 is 12.1 Å². The molecule has 1 amide bonds. The summed E-state index contributed by atoms with van der Waals surface area (Å²) in [5, 5.41) is 2.56. The maximum absolute atomic E-state index is 11.7. The molecule has 0 spiro atoms. The molecule has 0 aromatic heterocycles. The molecular formula is C11H19N3O3. The van der Waals surface area contributed by atoms with E-state index in [0.29, 0.717) is 12.8 Å². The number of Topliss-reactive ketones (excluding diaryl/α,β-unsaturated/α-hetero) is 1. The summed E-state index contributed by atoms with van der Waals surface area (Å²) in [5.74, 6) is 0.000142. The van der Waals surface area contributed by atoms with Gasteiger partial charge < -0.3 is 15.0 Å². The number of aliphatic imine (C=N–C) groups is 1. The van der Waals surface area contributed by atoms with Crippen molar-refractivity contribution in [3.8, 4) is 0 Å². The van der Waals surface area contributed by atoms with Crippen molar-refractivity contribution < 1.29 is 14.3 Å². The van der Waals surface area contributed by atoms with Crippen LogP contribution >= 0.6 is 0 Å². The van der Waals surface area contributed by atoms with Gasteiger partial charge >= 0.3 is 6.09 Å². The Morgan fingerprint density at radius 3 is 2.82 bits per heavy atom. The summed E-state index contributed by atoms with van der Waals surface area (Å²) in [6.45, 7) is 2.55. The maximum atomic E-state index is 11.7. The predicted octanol–water partition coefficient (Wildman–Crippen LogP) is 0.423. The van der Waals surface area contributed by atoms with Gasteiger partial charge in [0.05, 0.1) is 25.5 Å². The van der Waals surface area contributed by atoms with Crippen LogP contribution in [0.4, 0.5) is 4.79 Å². The Labute approximate surface area is 101 Å². The number of nitrogens with zero attached hydrogens (tertiary/aromatic N) is 2. The first-order chi connectivity index (χ1) is 8.06. The lowest BCUT2D eigenvalue weighted by molar-refractivity contribution is -0.120. The molecule has 1 heterocycles. The van der Waals surface area contributed by atoms with Gasteiger partial charge in [0.2, 0.25) is 0 Å². The van der Waals surface area contributed by atoms with E-state index in [1.165, 1.54) is 7.11 Å². The number of hydrogen-bond acceptors (Lipinski definition) is 5. The van der Waals surface area contributed by atoms with Gasteiger partial charge in [-0.3, -0.25) is 9.79 Å². The van der Waals surface area contributed by atoms with Crippen molar-refractivity contribution in [3.63, 3.8) is 0 Å². The number of likely N-dealkylation sites (N-methyl/N-ethyl adjacent to an activating group) is 1. The summed E-state index contributed by atoms with van der Waals surface area (Å²) in [4.78, 5) is 29.1. The number of methoxy groups -OCH3 is 1. The minimum Gasteiger partial charge on any atom is -0.453 e. The molecule has 0 aromatic rings. The Kier molecular flexibility index (Phi) is 4.93. The number of amides is 1. The number of carbonyl (C=O) groups is 2. The quantitative estimate of drug-likeness (QED) is 0.757. The van der Waals surface area contributed by atoms with Gasteiger partial charge in [0.1, 0.15) is 0 Å². The molecule has 1 N–H and O–H groups in total. The highest BCUT2D eigenvalue weighted by atomic mass is 16.5. The summed E-state index contributed by atoms with van der Waals surface area (Å²) < 4.78 is 4.51. The zero-order valence-electron chi connectivity index (χ0n) is 10.5. The Morgan fingerprint density at radius 1 is 1.65 bits per heavy atom. The first kappa shape index (κ1) is 13.5. The third kappa shape index (κ3) is 4.05. The molecule has 6 nitrogen and oxygen atoms in total. The maximum Gasteiger partial charge on any atom is 0.407 e. The Bertz CT molecular complexity index is 317. The van der Waals surface area contributed by atoms with Crippen LogP contribution in [0.5, 0.6) is 0 Å². The summed E-state index contributed by atoms with van der Waals surface area (Å²) >= 11 is 0. The molecule has 0 aromatic carbocycles. The second-order valence-corrected chi connectivity index (χ2v) is 4.10. The lowest BCUT2D eigenvalue weighted by atomic mass is 10.0. The van der Waals surface area contributed by atoms with E-state index in [-0.39, 0.29) is 11.8 Å². The second kappa shape index (κ2) is 6.22. The fourth-order valence-electron chi connectivity index (χ4n) is 1.76. The molecule has 1 rings (SSSR count). The van der Waals surface area contributed by atoms with Crippen LogP contribution in [0.3, 0.4) is 0 Å². The fourth-order valence-corrected chi connectivity index (χ4v) is 1.76. The van der Waals surface area contributed by atoms with E-state index in [2.05, 4.69) is 15.0 Å². The van der Waals surface area contributed by atoms with Crippen LogP contribution in [0.1, 0.15) is 19.8 Å². The molecule has 0 radical (unpaired) electrons. The monoisotopic (exact) mass is 241 g/mol. The Hall–Kier alpha value is -1.59. The van der Waals surface area contributed by atoms with Gasteiger partial charge in [-0.25, -0.2) is 4.79 Å². The minimum atomic E-state index is -0.577. The van der Waals surface area contributed by atoms with Crippen molar-refractivity contribution in [2.24, 2.45) is 4.99 Å².